The molecule has 0 unspecified atom stereocenters. The first-order valence-electron chi connectivity index (χ1n) is 6.61. The smallest absolute Gasteiger partial charge is 0.233 e. The molecule has 0 spiro atoms. The van der Waals surface area contributed by atoms with E-state index in [-0.39, 0.29) is 10.6 Å². The van der Waals surface area contributed by atoms with Crippen molar-refractivity contribution in [1.82, 2.24) is 9.97 Å². The number of thiazole rings is 1. The Kier molecular flexibility index (Phi) is 3.57. The SMILES string of the molecule is CCS(=O)(=O)c1cc[n+](O)cc1-c1nc2cc(C)cnc2s1. The highest BCUT2D eigenvalue weighted by Gasteiger charge is 2.24. The van der Waals surface area contributed by atoms with Crippen LogP contribution in [0.3, 0.4) is 0 Å². The Hall–Kier alpha value is -2.06. The van der Waals surface area contributed by atoms with Gasteiger partial charge in [0.05, 0.1) is 16.2 Å². The first kappa shape index (κ1) is 14.9. The van der Waals surface area contributed by atoms with Crippen molar-refractivity contribution >= 4 is 31.5 Å². The molecule has 3 aromatic heterocycles. The summed E-state index contributed by atoms with van der Waals surface area (Å²) < 4.78 is 25.3. The van der Waals surface area contributed by atoms with Gasteiger partial charge >= 0.3 is 0 Å². The maximum absolute atomic E-state index is 12.2. The number of aromatic nitrogens is 3. The fourth-order valence-electron chi connectivity index (χ4n) is 2.10. The highest BCUT2D eigenvalue weighted by atomic mass is 32.2. The summed E-state index contributed by atoms with van der Waals surface area (Å²) in [5, 5.41) is 10.2. The minimum Gasteiger partial charge on any atom is -0.285 e. The molecule has 3 heterocycles. The molecule has 0 amide bonds. The maximum atomic E-state index is 12.2. The molecule has 0 saturated heterocycles. The minimum atomic E-state index is -3.42. The number of fused-ring (bicyclic) bond motifs is 1. The predicted octanol–water partition coefficient (Wildman–Crippen LogP) is 1.99. The van der Waals surface area contributed by atoms with Crippen molar-refractivity contribution in [3.05, 3.63) is 36.3 Å². The molecule has 1 N–H and O–H groups in total. The van der Waals surface area contributed by atoms with Gasteiger partial charge in [-0.15, -0.1) is 0 Å². The largest absolute Gasteiger partial charge is 0.285 e. The van der Waals surface area contributed by atoms with Crippen molar-refractivity contribution in [2.45, 2.75) is 18.7 Å². The molecule has 0 saturated carbocycles. The normalized spacial score (nSPS) is 11.9. The van der Waals surface area contributed by atoms with E-state index in [4.69, 9.17) is 0 Å². The van der Waals surface area contributed by atoms with Crippen molar-refractivity contribution in [3.8, 4) is 10.6 Å². The summed E-state index contributed by atoms with van der Waals surface area (Å²) in [6.45, 7) is 3.50. The van der Waals surface area contributed by atoms with Crippen LogP contribution in [0.2, 0.25) is 0 Å². The zero-order chi connectivity index (χ0) is 15.9. The monoisotopic (exact) mass is 336 g/mol. The molecule has 3 rings (SSSR count). The number of pyridine rings is 2. The van der Waals surface area contributed by atoms with Gasteiger partial charge in [-0.05, 0) is 18.6 Å². The molecule has 0 aliphatic rings. The zero-order valence-corrected chi connectivity index (χ0v) is 13.6. The molecule has 22 heavy (non-hydrogen) atoms. The van der Waals surface area contributed by atoms with Crippen molar-refractivity contribution < 1.29 is 18.4 Å². The molecule has 0 bridgehead atoms. The topological polar surface area (TPSA) is 84.0 Å². The van der Waals surface area contributed by atoms with Gasteiger partial charge in [0.25, 0.3) is 0 Å². The number of sulfone groups is 1. The van der Waals surface area contributed by atoms with Gasteiger partial charge in [0.2, 0.25) is 12.4 Å². The third kappa shape index (κ3) is 2.55. The van der Waals surface area contributed by atoms with Crippen molar-refractivity contribution in [2.24, 2.45) is 0 Å². The molecule has 6 nitrogen and oxygen atoms in total. The lowest BCUT2D eigenvalue weighted by Crippen LogP contribution is -2.29. The summed E-state index contributed by atoms with van der Waals surface area (Å²) in [7, 11) is -3.42. The number of rotatable bonds is 3. The lowest BCUT2D eigenvalue weighted by atomic mass is 10.3. The number of aryl methyl sites for hydroxylation is 1. The van der Waals surface area contributed by atoms with Gasteiger partial charge in [0.15, 0.2) is 9.84 Å². The van der Waals surface area contributed by atoms with E-state index in [2.05, 4.69) is 9.97 Å². The minimum absolute atomic E-state index is 0.0162. The Morgan fingerprint density at radius 3 is 2.91 bits per heavy atom. The summed E-state index contributed by atoms with van der Waals surface area (Å²) in [5.41, 5.74) is 2.08. The van der Waals surface area contributed by atoms with Crippen LogP contribution >= 0.6 is 11.3 Å². The second-order valence-corrected chi connectivity index (χ2v) is 8.09. The Balaban J connectivity index is 2.27. The van der Waals surface area contributed by atoms with Gasteiger partial charge in [-0.1, -0.05) is 18.3 Å². The quantitative estimate of drug-likeness (QED) is 0.584. The van der Waals surface area contributed by atoms with Crippen LogP contribution in [0, 0.1) is 6.92 Å². The lowest BCUT2D eigenvalue weighted by Gasteiger charge is -2.03. The Morgan fingerprint density at radius 1 is 1.41 bits per heavy atom. The summed E-state index contributed by atoms with van der Waals surface area (Å²) >= 11 is 1.30. The van der Waals surface area contributed by atoms with Crippen LogP contribution in [0.5, 0.6) is 0 Å². The zero-order valence-electron chi connectivity index (χ0n) is 12.0. The van der Waals surface area contributed by atoms with Crippen LogP contribution in [0.15, 0.2) is 35.6 Å². The van der Waals surface area contributed by atoms with Crippen LogP contribution in [-0.2, 0) is 9.84 Å². The van der Waals surface area contributed by atoms with Crippen molar-refractivity contribution in [1.29, 1.82) is 0 Å². The van der Waals surface area contributed by atoms with Gasteiger partial charge in [-0.2, -0.15) is 0 Å². The second kappa shape index (κ2) is 5.29. The van der Waals surface area contributed by atoms with Crippen LogP contribution in [-0.4, -0.2) is 29.3 Å². The molecule has 3 aromatic rings. The van der Waals surface area contributed by atoms with E-state index in [0.29, 0.717) is 16.1 Å². The van der Waals surface area contributed by atoms with Gasteiger partial charge in [0.1, 0.15) is 15.4 Å². The van der Waals surface area contributed by atoms with Crippen molar-refractivity contribution in [2.75, 3.05) is 5.75 Å². The molecular weight excluding hydrogens is 322 g/mol. The third-order valence-electron chi connectivity index (χ3n) is 3.24. The van der Waals surface area contributed by atoms with Crippen LogP contribution < -0.4 is 4.73 Å². The van der Waals surface area contributed by atoms with Crippen LogP contribution in [0.1, 0.15) is 12.5 Å². The Morgan fingerprint density at radius 2 is 2.18 bits per heavy atom. The summed E-state index contributed by atoms with van der Waals surface area (Å²) in [6, 6.07) is 3.28. The van der Waals surface area contributed by atoms with Gasteiger partial charge in [-0.25, -0.2) is 18.4 Å². The highest BCUT2D eigenvalue weighted by Crippen LogP contribution is 2.32. The first-order valence-corrected chi connectivity index (χ1v) is 9.08. The number of nitrogens with zero attached hydrogens (tertiary/aromatic N) is 3. The van der Waals surface area contributed by atoms with Gasteiger partial charge in [-0.3, -0.25) is 5.21 Å². The summed E-state index contributed by atoms with van der Waals surface area (Å²) in [5.74, 6) is -0.0162. The average molecular weight is 336 g/mol. The second-order valence-electron chi connectivity index (χ2n) is 4.86. The fourth-order valence-corrected chi connectivity index (χ4v) is 4.14. The van der Waals surface area contributed by atoms with Crippen LogP contribution in [0.25, 0.3) is 20.9 Å². The van der Waals surface area contributed by atoms with E-state index in [9.17, 15) is 13.6 Å². The molecule has 0 aliphatic carbocycles. The molecule has 0 aromatic carbocycles. The Labute approximate surface area is 131 Å². The molecular formula is C14H14N3O3S2+. The fraction of sp³-hybridized carbons (Fsp3) is 0.214. The van der Waals surface area contributed by atoms with E-state index >= 15 is 0 Å². The Bertz CT molecular complexity index is 965. The number of hydrogen-bond donors (Lipinski definition) is 1. The van der Waals surface area contributed by atoms with E-state index < -0.39 is 9.84 Å². The molecule has 0 atom stereocenters. The van der Waals surface area contributed by atoms with Gasteiger partial charge in [0, 0.05) is 17.0 Å². The molecule has 0 aliphatic heterocycles. The third-order valence-corrected chi connectivity index (χ3v) is 6.03. The van der Waals surface area contributed by atoms with E-state index in [1.165, 1.54) is 29.8 Å². The number of hydrogen-bond acceptors (Lipinski definition) is 6. The molecule has 114 valence electrons. The van der Waals surface area contributed by atoms with Gasteiger partial charge < -0.3 is 0 Å². The average Bonchev–Trinajstić information content (AvgIpc) is 2.89. The van der Waals surface area contributed by atoms with E-state index in [1.54, 1.807) is 13.1 Å². The van der Waals surface area contributed by atoms with E-state index in [0.717, 1.165) is 15.1 Å². The maximum Gasteiger partial charge on any atom is 0.233 e. The van der Waals surface area contributed by atoms with Crippen molar-refractivity contribution in [3.63, 3.8) is 0 Å². The van der Waals surface area contributed by atoms with E-state index in [1.807, 2.05) is 13.0 Å². The molecule has 8 heteroatoms. The molecule has 0 radical (unpaired) electrons. The lowest BCUT2D eigenvalue weighted by molar-refractivity contribution is -0.904. The highest BCUT2D eigenvalue weighted by molar-refractivity contribution is 7.91. The predicted molar refractivity (Wildman–Crippen MR) is 82.7 cm³/mol. The first-order chi connectivity index (χ1) is 10.4. The van der Waals surface area contributed by atoms with Crippen LogP contribution in [0.4, 0.5) is 0 Å². The summed E-state index contributed by atoms with van der Waals surface area (Å²) in [4.78, 5) is 9.65. The molecule has 0 fully saturated rings. The standard InChI is InChI=1S/C14H14N3O3S2/c1-3-22(19,20)12-4-5-17(18)8-10(12)13-16-11-6-9(2)7-15-14(11)21-13/h4-8,18H,3H2,1-2H3/q+1. The summed E-state index contributed by atoms with van der Waals surface area (Å²) in [6.07, 6.45) is 4.39.